The highest BCUT2D eigenvalue weighted by atomic mass is 32.1. The Balaban J connectivity index is 1.36. The lowest BCUT2D eigenvalue weighted by molar-refractivity contribution is -0.138. The Bertz CT molecular complexity index is 1700. The van der Waals surface area contributed by atoms with Crippen molar-refractivity contribution in [3.05, 3.63) is 101 Å². The van der Waals surface area contributed by atoms with E-state index in [0.29, 0.717) is 15.8 Å². The normalized spacial score (nSPS) is 14.0. The number of carbonyl (C=O) groups is 3. The van der Waals surface area contributed by atoms with E-state index in [1.54, 1.807) is 24.3 Å². The van der Waals surface area contributed by atoms with Gasteiger partial charge in [0.2, 0.25) is 0 Å². The molecule has 8 nitrogen and oxygen atoms in total. The van der Waals surface area contributed by atoms with Crippen LogP contribution in [0.25, 0.3) is 15.8 Å². The standard InChI is InChI=1S/C32H29F3N4O4S/c33-32(34,35)24-14-15-26-25(18-24)37-31(44-26)39-30(43)38-28(21-8-6-20(7-9-21)19-4-2-1-3-5-19)22-10-12-23(13-11-22)29(42)36-17-16-27(40)41/h4,6-15,18,28H,1-3,5,16-17H2,(H,36,42)(H,40,41)(H2,37,38,39,43). The van der Waals surface area contributed by atoms with E-state index in [9.17, 15) is 27.6 Å². The lowest BCUT2D eigenvalue weighted by atomic mass is 9.91. The second-order valence-electron chi connectivity index (χ2n) is 10.3. The SMILES string of the molecule is O=C(O)CCNC(=O)c1ccc(C(NC(=O)Nc2nc3cc(C(F)(F)F)ccc3s2)c2ccc(C3=CCCCC3)cc2)cc1. The average molecular weight is 623 g/mol. The second kappa shape index (κ2) is 13.3. The van der Waals surface area contributed by atoms with E-state index in [1.807, 2.05) is 24.3 Å². The maximum atomic E-state index is 13.2. The molecule has 1 aromatic heterocycles. The Morgan fingerprint density at radius 2 is 1.66 bits per heavy atom. The zero-order valence-corrected chi connectivity index (χ0v) is 24.2. The van der Waals surface area contributed by atoms with Crippen LogP contribution in [-0.2, 0) is 11.0 Å². The van der Waals surface area contributed by atoms with Crippen molar-refractivity contribution in [2.24, 2.45) is 0 Å². The number of carboxylic acids is 1. The number of allylic oxidation sites excluding steroid dienone is 2. The van der Waals surface area contributed by atoms with E-state index >= 15 is 0 Å². The van der Waals surface area contributed by atoms with Crippen LogP contribution in [0, 0.1) is 0 Å². The number of aromatic nitrogens is 1. The number of benzene rings is 3. The molecule has 0 fully saturated rings. The maximum Gasteiger partial charge on any atom is 0.416 e. The molecular weight excluding hydrogens is 593 g/mol. The third kappa shape index (κ3) is 7.62. The Morgan fingerprint density at radius 3 is 2.30 bits per heavy atom. The smallest absolute Gasteiger partial charge is 0.416 e. The van der Waals surface area contributed by atoms with Crippen LogP contribution < -0.4 is 16.0 Å². The zero-order valence-electron chi connectivity index (χ0n) is 23.4. The summed E-state index contributed by atoms with van der Waals surface area (Å²) in [4.78, 5) is 40.5. The van der Waals surface area contributed by atoms with Crippen molar-refractivity contribution in [3.8, 4) is 0 Å². The summed E-state index contributed by atoms with van der Waals surface area (Å²) < 4.78 is 39.9. The molecule has 0 saturated heterocycles. The van der Waals surface area contributed by atoms with Gasteiger partial charge in [0.25, 0.3) is 5.91 Å². The highest BCUT2D eigenvalue weighted by Gasteiger charge is 2.31. The summed E-state index contributed by atoms with van der Waals surface area (Å²) in [5, 5.41) is 17.1. The first kappa shape index (κ1) is 30.7. The van der Waals surface area contributed by atoms with Crippen LogP contribution in [0.15, 0.2) is 72.8 Å². The van der Waals surface area contributed by atoms with E-state index < -0.39 is 35.7 Å². The molecular formula is C32H29F3N4O4S. The summed E-state index contributed by atoms with van der Waals surface area (Å²) in [5.41, 5.74) is 3.48. The minimum absolute atomic E-state index is 0.00760. The monoisotopic (exact) mass is 622 g/mol. The van der Waals surface area contributed by atoms with Crippen LogP contribution in [0.3, 0.4) is 0 Å². The molecule has 44 heavy (non-hydrogen) atoms. The number of fused-ring (bicyclic) bond motifs is 1. The molecule has 5 rings (SSSR count). The van der Waals surface area contributed by atoms with Crippen molar-refractivity contribution in [3.63, 3.8) is 0 Å². The van der Waals surface area contributed by atoms with Crippen LogP contribution >= 0.6 is 11.3 Å². The van der Waals surface area contributed by atoms with Gasteiger partial charge in [0.15, 0.2) is 5.13 Å². The second-order valence-corrected chi connectivity index (χ2v) is 11.4. The number of hydrogen-bond acceptors (Lipinski definition) is 5. The number of urea groups is 1. The van der Waals surface area contributed by atoms with Gasteiger partial charge in [-0.15, -0.1) is 0 Å². The number of nitrogens with zero attached hydrogens (tertiary/aromatic N) is 1. The van der Waals surface area contributed by atoms with Gasteiger partial charge >= 0.3 is 18.2 Å². The number of thiazole rings is 1. The molecule has 3 amide bonds. The highest BCUT2D eigenvalue weighted by Crippen LogP contribution is 2.34. The summed E-state index contributed by atoms with van der Waals surface area (Å²) in [6, 6.07) is 16.4. The fraction of sp³-hybridized carbons (Fsp3) is 0.250. The largest absolute Gasteiger partial charge is 0.481 e. The van der Waals surface area contributed by atoms with Gasteiger partial charge in [-0.1, -0.05) is 53.8 Å². The van der Waals surface area contributed by atoms with Crippen LogP contribution in [0.4, 0.5) is 23.1 Å². The molecule has 12 heteroatoms. The number of amides is 3. The molecule has 1 aliphatic rings. The van der Waals surface area contributed by atoms with Gasteiger partial charge in [0.05, 0.1) is 28.2 Å². The van der Waals surface area contributed by atoms with Crippen LogP contribution in [0.5, 0.6) is 0 Å². The number of rotatable bonds is 9. The summed E-state index contributed by atoms with van der Waals surface area (Å²) in [5.74, 6) is -1.44. The van der Waals surface area contributed by atoms with E-state index in [4.69, 9.17) is 5.11 Å². The third-order valence-electron chi connectivity index (χ3n) is 7.25. The number of anilines is 1. The lowest BCUT2D eigenvalue weighted by Crippen LogP contribution is -2.33. The van der Waals surface area contributed by atoms with Gasteiger partial charge in [-0.05, 0) is 78.3 Å². The fourth-order valence-electron chi connectivity index (χ4n) is 4.98. The molecule has 1 atom stereocenters. The van der Waals surface area contributed by atoms with Gasteiger partial charge < -0.3 is 15.7 Å². The van der Waals surface area contributed by atoms with Crippen molar-refractivity contribution < 1.29 is 32.7 Å². The van der Waals surface area contributed by atoms with Crippen LogP contribution in [-0.4, -0.2) is 34.5 Å². The summed E-state index contributed by atoms with van der Waals surface area (Å²) in [6.07, 6.45) is 1.90. The number of hydrogen-bond donors (Lipinski definition) is 4. The summed E-state index contributed by atoms with van der Waals surface area (Å²) >= 11 is 1.06. The molecule has 4 N–H and O–H groups in total. The van der Waals surface area contributed by atoms with Gasteiger partial charge in [-0.2, -0.15) is 13.2 Å². The predicted molar refractivity (Wildman–Crippen MR) is 163 cm³/mol. The number of carbonyl (C=O) groups excluding carboxylic acids is 2. The van der Waals surface area contributed by atoms with Crippen LogP contribution in [0.2, 0.25) is 0 Å². The Morgan fingerprint density at radius 1 is 0.955 bits per heavy atom. The van der Waals surface area contributed by atoms with Crippen molar-refractivity contribution in [1.29, 1.82) is 0 Å². The van der Waals surface area contributed by atoms with E-state index in [1.165, 1.54) is 18.1 Å². The van der Waals surface area contributed by atoms with Crippen molar-refractivity contribution in [2.75, 3.05) is 11.9 Å². The molecule has 4 aromatic rings. The molecule has 0 saturated carbocycles. The third-order valence-corrected chi connectivity index (χ3v) is 8.20. The fourth-order valence-corrected chi connectivity index (χ4v) is 5.82. The highest BCUT2D eigenvalue weighted by molar-refractivity contribution is 7.22. The number of alkyl halides is 3. The predicted octanol–water partition coefficient (Wildman–Crippen LogP) is 7.39. The van der Waals surface area contributed by atoms with Crippen molar-refractivity contribution in [2.45, 2.75) is 44.3 Å². The zero-order chi connectivity index (χ0) is 31.3. The molecule has 0 radical (unpaired) electrons. The molecule has 1 unspecified atom stereocenters. The molecule has 1 heterocycles. The minimum Gasteiger partial charge on any atom is -0.481 e. The molecule has 228 valence electrons. The molecule has 3 aromatic carbocycles. The molecule has 1 aliphatic carbocycles. The van der Waals surface area contributed by atoms with Gasteiger partial charge in [0.1, 0.15) is 0 Å². The van der Waals surface area contributed by atoms with Crippen molar-refractivity contribution in [1.82, 2.24) is 15.6 Å². The number of carboxylic acid groups (broad SMARTS) is 1. The Labute approximate surface area is 255 Å². The number of halogens is 3. The molecule has 0 spiro atoms. The summed E-state index contributed by atoms with van der Waals surface area (Å²) in [7, 11) is 0. The molecule has 0 bridgehead atoms. The van der Waals surface area contributed by atoms with Gasteiger partial charge in [-0.25, -0.2) is 9.78 Å². The maximum absolute atomic E-state index is 13.2. The van der Waals surface area contributed by atoms with Gasteiger partial charge in [0, 0.05) is 12.1 Å². The molecule has 0 aliphatic heterocycles. The van der Waals surface area contributed by atoms with Crippen molar-refractivity contribution >= 4 is 50.2 Å². The number of aliphatic carboxylic acids is 1. The first-order valence-electron chi connectivity index (χ1n) is 14.0. The van der Waals surface area contributed by atoms with Crippen LogP contribution in [0.1, 0.15) is 70.8 Å². The Hall–Kier alpha value is -4.71. The first-order chi connectivity index (χ1) is 21.1. The average Bonchev–Trinajstić information content (AvgIpc) is 3.41. The summed E-state index contributed by atoms with van der Waals surface area (Å²) in [6.45, 7) is -0.00760. The van der Waals surface area contributed by atoms with E-state index in [-0.39, 0.29) is 23.6 Å². The quantitative estimate of drug-likeness (QED) is 0.155. The van der Waals surface area contributed by atoms with E-state index in [2.05, 4.69) is 27.0 Å². The minimum atomic E-state index is -4.51. The van der Waals surface area contributed by atoms with Gasteiger partial charge in [-0.3, -0.25) is 14.9 Å². The topological polar surface area (TPSA) is 120 Å². The number of nitrogens with one attached hydrogen (secondary N) is 3. The lowest BCUT2D eigenvalue weighted by Gasteiger charge is -2.21. The first-order valence-corrected chi connectivity index (χ1v) is 14.8. The Kier molecular flexibility index (Phi) is 9.29. The van der Waals surface area contributed by atoms with E-state index in [0.717, 1.165) is 53.9 Å².